The molecule has 0 aromatic heterocycles. The molecule has 0 heterocycles. The summed E-state index contributed by atoms with van der Waals surface area (Å²) in [5.74, 6) is -6.01. The molecular weight excluding hydrogens is 479 g/mol. The van der Waals surface area contributed by atoms with E-state index in [0.717, 1.165) is 12.1 Å². The molecule has 0 amide bonds. The fourth-order valence-electron chi connectivity index (χ4n) is 2.50. The SMILES string of the molecule is CCN(CC)c1ccc(NS(=O)(=O)c2cc(F)ccc2F)cc1C(=O)O.O=C(O)C(F)(F)F. The number of aromatic carboxylic acids is 1. The molecule has 0 unspecified atom stereocenters. The number of carboxylic acid groups (broad SMARTS) is 2. The van der Waals surface area contributed by atoms with Gasteiger partial charge in [0.1, 0.15) is 16.5 Å². The Morgan fingerprint density at radius 3 is 2.00 bits per heavy atom. The van der Waals surface area contributed by atoms with Gasteiger partial charge in [0, 0.05) is 18.8 Å². The Kier molecular flexibility index (Phi) is 9.15. The van der Waals surface area contributed by atoms with Crippen molar-refractivity contribution in [3.8, 4) is 0 Å². The Morgan fingerprint density at radius 1 is 1.00 bits per heavy atom. The molecule has 0 fully saturated rings. The maximum atomic E-state index is 13.8. The van der Waals surface area contributed by atoms with Crippen molar-refractivity contribution in [1.29, 1.82) is 0 Å². The Morgan fingerprint density at radius 2 is 1.55 bits per heavy atom. The lowest BCUT2D eigenvalue weighted by atomic mass is 10.1. The van der Waals surface area contributed by atoms with Crippen molar-refractivity contribution in [2.45, 2.75) is 24.9 Å². The van der Waals surface area contributed by atoms with Crippen LogP contribution in [0.2, 0.25) is 0 Å². The molecule has 8 nitrogen and oxygen atoms in total. The molecule has 0 spiro atoms. The molecular formula is C19H19F5N2O6S. The Labute approximate surface area is 185 Å². The highest BCUT2D eigenvalue weighted by Crippen LogP contribution is 2.27. The van der Waals surface area contributed by atoms with Crippen molar-refractivity contribution in [3.05, 3.63) is 53.6 Å². The van der Waals surface area contributed by atoms with Crippen molar-refractivity contribution in [3.63, 3.8) is 0 Å². The highest BCUT2D eigenvalue weighted by molar-refractivity contribution is 7.92. The summed E-state index contributed by atoms with van der Waals surface area (Å²) in [6, 6.07) is 6.04. The maximum absolute atomic E-state index is 13.8. The van der Waals surface area contributed by atoms with E-state index >= 15 is 0 Å². The van der Waals surface area contributed by atoms with E-state index in [1.54, 1.807) is 4.90 Å². The lowest BCUT2D eigenvalue weighted by Gasteiger charge is -2.23. The number of rotatable bonds is 7. The first-order chi connectivity index (χ1) is 15.1. The molecule has 33 heavy (non-hydrogen) atoms. The third-order valence-electron chi connectivity index (χ3n) is 4.01. The number of nitrogens with zero attached hydrogens (tertiary/aromatic N) is 1. The summed E-state index contributed by atoms with van der Waals surface area (Å²) in [5.41, 5.74) is 0.262. The van der Waals surface area contributed by atoms with Gasteiger partial charge in [0.15, 0.2) is 0 Å². The smallest absolute Gasteiger partial charge is 0.478 e. The van der Waals surface area contributed by atoms with E-state index in [9.17, 15) is 40.3 Å². The first kappa shape index (κ1) is 27.6. The third kappa shape index (κ3) is 7.59. The first-order valence-corrected chi connectivity index (χ1v) is 10.5. The van der Waals surface area contributed by atoms with Gasteiger partial charge in [-0.05, 0) is 50.2 Å². The second-order valence-corrected chi connectivity index (χ2v) is 7.84. The topological polar surface area (TPSA) is 124 Å². The summed E-state index contributed by atoms with van der Waals surface area (Å²) < 4.78 is 85.5. The number of hydrogen-bond donors (Lipinski definition) is 3. The van der Waals surface area contributed by atoms with Gasteiger partial charge in [0.25, 0.3) is 10.0 Å². The van der Waals surface area contributed by atoms with E-state index in [1.807, 2.05) is 13.8 Å². The van der Waals surface area contributed by atoms with E-state index in [-0.39, 0.29) is 11.3 Å². The lowest BCUT2D eigenvalue weighted by Crippen LogP contribution is -2.24. The molecule has 2 aromatic rings. The van der Waals surface area contributed by atoms with Crippen molar-refractivity contribution in [1.82, 2.24) is 0 Å². The molecule has 0 atom stereocenters. The highest BCUT2D eigenvalue weighted by Gasteiger charge is 2.38. The molecule has 0 saturated carbocycles. The van der Waals surface area contributed by atoms with Crippen molar-refractivity contribution in [2.24, 2.45) is 0 Å². The Bertz CT molecular complexity index is 1120. The third-order valence-corrected chi connectivity index (χ3v) is 5.40. The van der Waals surface area contributed by atoms with Gasteiger partial charge in [-0.3, -0.25) is 4.72 Å². The van der Waals surface area contributed by atoms with E-state index in [1.165, 1.54) is 12.1 Å². The van der Waals surface area contributed by atoms with Crippen molar-refractivity contribution >= 4 is 33.3 Å². The number of carbonyl (C=O) groups is 2. The van der Waals surface area contributed by atoms with Crippen LogP contribution in [-0.4, -0.2) is 49.8 Å². The zero-order chi connectivity index (χ0) is 25.6. The molecule has 0 aliphatic rings. The normalized spacial score (nSPS) is 11.2. The monoisotopic (exact) mass is 498 g/mol. The molecule has 0 aliphatic heterocycles. The Hall–Kier alpha value is -3.42. The molecule has 0 bridgehead atoms. The molecule has 14 heteroatoms. The van der Waals surface area contributed by atoms with Crippen LogP contribution in [-0.2, 0) is 14.8 Å². The van der Waals surface area contributed by atoms with Gasteiger partial charge in [-0.25, -0.2) is 26.8 Å². The number of alkyl halides is 3. The number of aliphatic carboxylic acids is 1. The van der Waals surface area contributed by atoms with Crippen LogP contribution in [0.4, 0.5) is 33.3 Å². The van der Waals surface area contributed by atoms with Crippen LogP contribution in [0.15, 0.2) is 41.3 Å². The number of nitrogens with one attached hydrogen (secondary N) is 1. The Balaban J connectivity index is 0.000000675. The summed E-state index contributed by atoms with van der Waals surface area (Å²) in [7, 11) is -4.42. The number of benzene rings is 2. The van der Waals surface area contributed by atoms with Crippen LogP contribution in [0.5, 0.6) is 0 Å². The summed E-state index contributed by atoms with van der Waals surface area (Å²) >= 11 is 0. The van der Waals surface area contributed by atoms with Crippen LogP contribution in [0.25, 0.3) is 0 Å². The number of hydrogen-bond acceptors (Lipinski definition) is 5. The second kappa shape index (κ2) is 10.9. The van der Waals surface area contributed by atoms with Crippen LogP contribution in [0, 0.1) is 11.6 Å². The number of sulfonamides is 1. The van der Waals surface area contributed by atoms with E-state index in [0.29, 0.717) is 30.9 Å². The molecule has 182 valence electrons. The molecule has 0 aliphatic carbocycles. The number of anilines is 2. The number of carboxylic acids is 2. The van der Waals surface area contributed by atoms with Gasteiger partial charge in [-0.1, -0.05) is 0 Å². The fourth-order valence-corrected chi connectivity index (χ4v) is 3.64. The van der Waals surface area contributed by atoms with E-state index in [2.05, 4.69) is 4.72 Å². The predicted octanol–water partition coefficient (Wildman–Crippen LogP) is 3.94. The average molecular weight is 498 g/mol. The minimum atomic E-state index is -5.08. The van der Waals surface area contributed by atoms with Gasteiger partial charge in [0.2, 0.25) is 0 Å². The van der Waals surface area contributed by atoms with Gasteiger partial charge >= 0.3 is 18.1 Å². The van der Waals surface area contributed by atoms with Gasteiger partial charge in [-0.15, -0.1) is 0 Å². The second-order valence-electron chi connectivity index (χ2n) is 6.19. The molecule has 2 rings (SSSR count). The summed E-state index contributed by atoms with van der Waals surface area (Å²) in [4.78, 5) is 21.4. The zero-order valence-corrected chi connectivity index (χ0v) is 18.0. The first-order valence-electron chi connectivity index (χ1n) is 9.04. The van der Waals surface area contributed by atoms with Crippen LogP contribution in [0.1, 0.15) is 24.2 Å². The highest BCUT2D eigenvalue weighted by atomic mass is 32.2. The summed E-state index contributed by atoms with van der Waals surface area (Å²) in [6.45, 7) is 4.85. The van der Waals surface area contributed by atoms with E-state index < -0.39 is 44.7 Å². The minimum Gasteiger partial charge on any atom is -0.478 e. The van der Waals surface area contributed by atoms with Crippen molar-refractivity contribution in [2.75, 3.05) is 22.7 Å². The quantitative estimate of drug-likeness (QED) is 0.494. The van der Waals surface area contributed by atoms with Crippen LogP contribution in [0.3, 0.4) is 0 Å². The predicted molar refractivity (Wildman–Crippen MR) is 108 cm³/mol. The fraction of sp³-hybridized carbons (Fsp3) is 0.263. The molecule has 0 radical (unpaired) electrons. The summed E-state index contributed by atoms with van der Waals surface area (Å²) in [5, 5.41) is 16.5. The minimum absolute atomic E-state index is 0.0676. The lowest BCUT2D eigenvalue weighted by molar-refractivity contribution is -0.192. The maximum Gasteiger partial charge on any atom is 0.490 e. The zero-order valence-electron chi connectivity index (χ0n) is 17.2. The van der Waals surface area contributed by atoms with E-state index in [4.69, 9.17) is 9.90 Å². The average Bonchev–Trinajstić information content (AvgIpc) is 2.70. The van der Waals surface area contributed by atoms with Gasteiger partial charge in [0.05, 0.1) is 11.3 Å². The van der Waals surface area contributed by atoms with Gasteiger partial charge in [-0.2, -0.15) is 13.2 Å². The van der Waals surface area contributed by atoms with Gasteiger partial charge < -0.3 is 15.1 Å². The number of halogens is 5. The standard InChI is InChI=1S/C17H18F2N2O4S.C2HF3O2/c1-3-21(4-2)15-8-6-12(10-13(15)17(22)23)20-26(24,25)16-9-11(18)5-7-14(16)19;3-2(4,5)1(6)7/h5-10,20H,3-4H2,1-2H3,(H,22,23);(H,6,7). The molecule has 0 saturated heterocycles. The molecule has 2 aromatic carbocycles. The van der Waals surface area contributed by atoms with Crippen molar-refractivity contribution < 1.29 is 50.2 Å². The molecule has 3 N–H and O–H groups in total. The largest absolute Gasteiger partial charge is 0.490 e. The van der Waals surface area contributed by atoms with Crippen LogP contribution < -0.4 is 9.62 Å². The summed E-state index contributed by atoms with van der Waals surface area (Å²) in [6.07, 6.45) is -5.08. The van der Waals surface area contributed by atoms with Crippen LogP contribution >= 0.6 is 0 Å².